The topological polar surface area (TPSA) is 30.0 Å². The fourth-order valence-corrected chi connectivity index (χ4v) is 3.70. The zero-order chi connectivity index (χ0) is 14.2. The van der Waals surface area contributed by atoms with Gasteiger partial charge in [0.15, 0.2) is 0 Å². The lowest BCUT2D eigenvalue weighted by molar-refractivity contribution is 0.683. The van der Waals surface area contributed by atoms with Crippen molar-refractivity contribution in [1.82, 2.24) is 4.98 Å². The minimum absolute atomic E-state index is 0.370. The molecule has 0 bridgehead atoms. The van der Waals surface area contributed by atoms with Crippen LogP contribution in [0.2, 0.25) is 10.0 Å². The van der Waals surface area contributed by atoms with Crippen LogP contribution in [0.3, 0.4) is 0 Å². The number of pyridine rings is 1. The Kier molecular flexibility index (Phi) is 4.29. The highest BCUT2D eigenvalue weighted by molar-refractivity contribution is 7.85. The molecule has 0 radical (unpaired) electrons. The molecule has 0 saturated carbocycles. The molecule has 0 amide bonds. The van der Waals surface area contributed by atoms with E-state index in [9.17, 15) is 4.21 Å². The minimum Gasteiger partial charge on any atom is -0.255 e. The molecule has 1 aromatic carbocycles. The Hall–Kier alpha value is -0.900. The van der Waals surface area contributed by atoms with Crippen LogP contribution < -0.4 is 0 Å². The van der Waals surface area contributed by atoms with E-state index in [0.29, 0.717) is 31.2 Å². The van der Waals surface area contributed by atoms with Crippen LogP contribution in [0.1, 0.15) is 17.0 Å². The molecular weight excluding hydrogens is 301 g/mol. The number of rotatable bonds is 2. The van der Waals surface area contributed by atoms with Gasteiger partial charge >= 0.3 is 0 Å². The maximum Gasteiger partial charge on any atom is 0.0881 e. The molecule has 2 nitrogen and oxygen atoms in total. The Morgan fingerprint density at radius 1 is 0.947 bits per heavy atom. The lowest BCUT2D eigenvalue weighted by Gasteiger charge is -2.11. The second-order valence-corrected chi connectivity index (χ2v) is 6.49. The Bertz CT molecular complexity index is 627. The van der Waals surface area contributed by atoms with Gasteiger partial charge in [-0.15, -0.1) is 0 Å². The molecule has 0 aliphatic rings. The molecular formula is C14H13Cl2NOS. The van der Waals surface area contributed by atoms with E-state index in [1.54, 1.807) is 13.8 Å². The molecule has 0 fully saturated rings. The van der Waals surface area contributed by atoms with Crippen molar-refractivity contribution in [3.05, 3.63) is 51.3 Å². The average Bonchev–Trinajstić information content (AvgIpc) is 2.37. The summed E-state index contributed by atoms with van der Waals surface area (Å²) in [6.45, 7) is 5.54. The normalized spacial score (nSPS) is 12.5. The highest BCUT2D eigenvalue weighted by atomic mass is 35.5. The van der Waals surface area contributed by atoms with Gasteiger partial charge in [0, 0.05) is 4.90 Å². The first-order valence-corrected chi connectivity index (χ1v) is 7.63. The Labute approximate surface area is 125 Å². The number of aromatic nitrogens is 1. The van der Waals surface area contributed by atoms with Gasteiger partial charge in [-0.3, -0.25) is 4.98 Å². The molecule has 100 valence electrons. The zero-order valence-corrected chi connectivity index (χ0v) is 13.2. The van der Waals surface area contributed by atoms with E-state index < -0.39 is 10.8 Å². The van der Waals surface area contributed by atoms with E-state index in [0.717, 1.165) is 5.56 Å². The molecule has 0 aliphatic heterocycles. The van der Waals surface area contributed by atoms with Crippen molar-refractivity contribution in [2.24, 2.45) is 0 Å². The van der Waals surface area contributed by atoms with Gasteiger partial charge < -0.3 is 0 Å². The summed E-state index contributed by atoms with van der Waals surface area (Å²) in [5, 5.41) is 0.740. The van der Waals surface area contributed by atoms with Gasteiger partial charge in [0.2, 0.25) is 0 Å². The summed E-state index contributed by atoms with van der Waals surface area (Å²) in [5.74, 6) is 0. The second-order valence-electron chi connectivity index (χ2n) is 4.32. The lowest BCUT2D eigenvalue weighted by Crippen LogP contribution is -2.01. The van der Waals surface area contributed by atoms with Gasteiger partial charge in [0.05, 0.1) is 37.1 Å². The molecule has 5 heteroatoms. The predicted octanol–water partition coefficient (Wildman–Crippen LogP) is 4.48. The monoisotopic (exact) mass is 313 g/mol. The van der Waals surface area contributed by atoms with E-state index >= 15 is 0 Å². The third-order valence-electron chi connectivity index (χ3n) is 2.79. The maximum absolute atomic E-state index is 12.6. The molecule has 1 unspecified atom stereocenters. The largest absolute Gasteiger partial charge is 0.255 e. The molecule has 0 N–H and O–H groups in total. The van der Waals surface area contributed by atoms with Crippen molar-refractivity contribution < 1.29 is 4.21 Å². The molecule has 0 aliphatic carbocycles. The Morgan fingerprint density at radius 3 is 1.89 bits per heavy atom. The molecule has 0 saturated heterocycles. The van der Waals surface area contributed by atoms with Gasteiger partial charge in [-0.2, -0.15) is 0 Å². The fourth-order valence-electron chi connectivity index (χ4n) is 1.72. The summed E-state index contributed by atoms with van der Waals surface area (Å²) >= 11 is 12.4. The molecule has 1 heterocycles. The quantitative estimate of drug-likeness (QED) is 0.818. The molecule has 1 aromatic heterocycles. The summed E-state index contributed by atoms with van der Waals surface area (Å²) in [7, 11) is -1.40. The van der Waals surface area contributed by atoms with Gasteiger partial charge in [-0.25, -0.2) is 4.21 Å². The van der Waals surface area contributed by atoms with E-state index in [1.165, 1.54) is 0 Å². The van der Waals surface area contributed by atoms with Crippen molar-refractivity contribution in [3.63, 3.8) is 0 Å². The van der Waals surface area contributed by atoms with Crippen LogP contribution in [-0.2, 0) is 10.8 Å². The highest BCUT2D eigenvalue weighted by Crippen LogP contribution is 2.34. The number of aryl methyl sites for hydroxylation is 3. The minimum atomic E-state index is -1.40. The van der Waals surface area contributed by atoms with Gasteiger partial charge in [-0.1, -0.05) is 40.9 Å². The van der Waals surface area contributed by atoms with Crippen molar-refractivity contribution >= 4 is 34.0 Å². The Morgan fingerprint density at radius 2 is 1.42 bits per heavy atom. The first kappa shape index (κ1) is 14.5. The van der Waals surface area contributed by atoms with Gasteiger partial charge in [0.1, 0.15) is 0 Å². The van der Waals surface area contributed by atoms with Crippen LogP contribution in [0.5, 0.6) is 0 Å². The van der Waals surface area contributed by atoms with E-state index in [1.807, 2.05) is 31.2 Å². The summed E-state index contributed by atoms with van der Waals surface area (Å²) < 4.78 is 12.6. The number of benzene rings is 1. The van der Waals surface area contributed by atoms with Gasteiger partial charge in [0.25, 0.3) is 0 Å². The van der Waals surface area contributed by atoms with Crippen LogP contribution in [0.4, 0.5) is 0 Å². The van der Waals surface area contributed by atoms with E-state index in [2.05, 4.69) is 4.98 Å². The van der Waals surface area contributed by atoms with Crippen molar-refractivity contribution in [2.75, 3.05) is 0 Å². The van der Waals surface area contributed by atoms with Crippen LogP contribution in [-0.4, -0.2) is 9.19 Å². The smallest absolute Gasteiger partial charge is 0.0881 e. The summed E-state index contributed by atoms with van der Waals surface area (Å²) in [6.07, 6.45) is 0. The first-order chi connectivity index (χ1) is 8.91. The van der Waals surface area contributed by atoms with Crippen molar-refractivity contribution in [2.45, 2.75) is 30.6 Å². The molecule has 0 spiro atoms. The summed E-state index contributed by atoms with van der Waals surface area (Å²) in [5.41, 5.74) is 2.39. The average molecular weight is 314 g/mol. The number of halogens is 2. The maximum atomic E-state index is 12.6. The van der Waals surface area contributed by atoms with Crippen LogP contribution in [0.25, 0.3) is 0 Å². The van der Waals surface area contributed by atoms with E-state index in [4.69, 9.17) is 23.2 Å². The van der Waals surface area contributed by atoms with Gasteiger partial charge in [-0.05, 0) is 32.9 Å². The number of hydrogen-bond acceptors (Lipinski definition) is 2. The fraction of sp³-hybridized carbons (Fsp3) is 0.214. The summed E-state index contributed by atoms with van der Waals surface area (Å²) in [4.78, 5) is 5.35. The van der Waals surface area contributed by atoms with Crippen LogP contribution in [0, 0.1) is 20.8 Å². The molecule has 2 rings (SSSR count). The molecule has 1 atom stereocenters. The predicted molar refractivity (Wildman–Crippen MR) is 79.6 cm³/mol. The SMILES string of the molecule is Cc1ccc(S(=O)c2c(Cl)c(C)nc(C)c2Cl)cc1. The number of hydrogen-bond donors (Lipinski definition) is 0. The lowest BCUT2D eigenvalue weighted by atomic mass is 10.2. The van der Waals surface area contributed by atoms with Crippen LogP contribution in [0.15, 0.2) is 34.1 Å². The molecule has 2 aromatic rings. The zero-order valence-electron chi connectivity index (χ0n) is 10.8. The van der Waals surface area contributed by atoms with Crippen LogP contribution >= 0.6 is 23.2 Å². The molecule has 19 heavy (non-hydrogen) atoms. The summed E-state index contributed by atoms with van der Waals surface area (Å²) in [6, 6.07) is 7.47. The van der Waals surface area contributed by atoms with Crippen molar-refractivity contribution in [1.29, 1.82) is 0 Å². The second kappa shape index (κ2) is 5.61. The van der Waals surface area contributed by atoms with E-state index in [-0.39, 0.29) is 0 Å². The third kappa shape index (κ3) is 2.83. The number of nitrogens with zero attached hydrogens (tertiary/aromatic N) is 1. The first-order valence-electron chi connectivity index (χ1n) is 5.72. The highest BCUT2D eigenvalue weighted by Gasteiger charge is 2.19. The van der Waals surface area contributed by atoms with Crippen molar-refractivity contribution in [3.8, 4) is 0 Å². The standard InChI is InChI=1S/C14H13Cl2NOS/c1-8-4-6-11(7-5-8)19(18)14-12(15)9(2)17-10(3)13(14)16/h4-7H,1-3H3. The third-order valence-corrected chi connectivity index (χ3v) is 5.42. The Balaban J connectivity index is 2.59.